The summed E-state index contributed by atoms with van der Waals surface area (Å²) in [7, 11) is 3.79. The topological polar surface area (TPSA) is 83.2 Å². The smallest absolute Gasteiger partial charge is 0.243 e. The van der Waals surface area contributed by atoms with Crippen molar-refractivity contribution >= 4 is 17.8 Å². The van der Waals surface area contributed by atoms with E-state index in [-0.39, 0.29) is 0 Å². The van der Waals surface area contributed by atoms with Gasteiger partial charge in [0.25, 0.3) is 0 Å². The standard InChI is InChI=1S/C10H19N7/c1-7-4-5-17(6-7)10-13-8(15-11)12-9(14-10)16(2)3/h7H,4-6,11H2,1-3H3,(H,12,13,14,15). The van der Waals surface area contributed by atoms with E-state index >= 15 is 0 Å². The highest BCUT2D eigenvalue weighted by Crippen LogP contribution is 2.22. The number of nitrogens with one attached hydrogen (secondary N) is 1. The number of hydrogen-bond donors (Lipinski definition) is 2. The van der Waals surface area contributed by atoms with Crippen LogP contribution < -0.4 is 21.1 Å². The van der Waals surface area contributed by atoms with Crippen LogP contribution in [0.1, 0.15) is 13.3 Å². The van der Waals surface area contributed by atoms with Crippen LogP contribution in [0.15, 0.2) is 0 Å². The third kappa shape index (κ3) is 2.55. The molecular formula is C10H19N7. The molecule has 1 saturated heterocycles. The lowest BCUT2D eigenvalue weighted by atomic mass is 10.2. The quantitative estimate of drug-likeness (QED) is 0.568. The van der Waals surface area contributed by atoms with Gasteiger partial charge in [-0.15, -0.1) is 0 Å². The van der Waals surface area contributed by atoms with Gasteiger partial charge in [0, 0.05) is 27.2 Å². The molecule has 17 heavy (non-hydrogen) atoms. The molecule has 0 bridgehead atoms. The Labute approximate surface area is 101 Å². The number of nitrogens with two attached hydrogens (primary N) is 1. The second-order valence-corrected chi connectivity index (χ2v) is 4.64. The van der Waals surface area contributed by atoms with Crippen molar-refractivity contribution in [2.24, 2.45) is 11.8 Å². The van der Waals surface area contributed by atoms with Crippen LogP contribution in [0, 0.1) is 5.92 Å². The van der Waals surface area contributed by atoms with E-state index in [0.29, 0.717) is 23.8 Å². The molecule has 1 aliphatic rings. The Bertz CT molecular complexity index is 392. The molecule has 1 aliphatic heterocycles. The molecule has 1 fully saturated rings. The van der Waals surface area contributed by atoms with Crippen LogP contribution >= 0.6 is 0 Å². The maximum absolute atomic E-state index is 5.37. The molecule has 1 unspecified atom stereocenters. The highest BCUT2D eigenvalue weighted by molar-refractivity contribution is 5.44. The predicted octanol–water partition coefficient (Wildman–Crippen LogP) is 0.0694. The second-order valence-electron chi connectivity index (χ2n) is 4.64. The van der Waals surface area contributed by atoms with Gasteiger partial charge >= 0.3 is 0 Å². The maximum atomic E-state index is 5.37. The average Bonchev–Trinajstić information content (AvgIpc) is 2.75. The Morgan fingerprint density at radius 1 is 1.35 bits per heavy atom. The largest absolute Gasteiger partial charge is 0.347 e. The predicted molar refractivity (Wildman–Crippen MR) is 68.0 cm³/mol. The van der Waals surface area contributed by atoms with Crippen LogP contribution in [-0.2, 0) is 0 Å². The van der Waals surface area contributed by atoms with Gasteiger partial charge in [0.2, 0.25) is 17.8 Å². The number of hydrazine groups is 1. The monoisotopic (exact) mass is 237 g/mol. The van der Waals surface area contributed by atoms with Crippen LogP contribution in [-0.4, -0.2) is 42.1 Å². The molecule has 1 atom stereocenters. The molecule has 0 radical (unpaired) electrons. The maximum Gasteiger partial charge on any atom is 0.243 e. The Morgan fingerprint density at radius 2 is 2.12 bits per heavy atom. The van der Waals surface area contributed by atoms with Crippen molar-refractivity contribution in [2.45, 2.75) is 13.3 Å². The number of anilines is 3. The van der Waals surface area contributed by atoms with E-state index in [1.54, 1.807) is 0 Å². The SMILES string of the molecule is CC1CCN(c2nc(NN)nc(N(C)C)n2)C1. The summed E-state index contributed by atoms with van der Waals surface area (Å²) < 4.78 is 0. The number of hydrogen-bond acceptors (Lipinski definition) is 7. The van der Waals surface area contributed by atoms with Gasteiger partial charge in [0.05, 0.1) is 0 Å². The Hall–Kier alpha value is -1.63. The van der Waals surface area contributed by atoms with E-state index in [2.05, 4.69) is 32.2 Å². The van der Waals surface area contributed by atoms with Crippen LogP contribution in [0.5, 0.6) is 0 Å². The summed E-state index contributed by atoms with van der Waals surface area (Å²) in [5.41, 5.74) is 2.48. The lowest BCUT2D eigenvalue weighted by Crippen LogP contribution is -2.25. The third-order valence-electron chi connectivity index (χ3n) is 2.85. The normalized spacial score (nSPS) is 19.5. The van der Waals surface area contributed by atoms with Gasteiger partial charge in [-0.1, -0.05) is 6.92 Å². The van der Waals surface area contributed by atoms with Gasteiger partial charge < -0.3 is 9.80 Å². The van der Waals surface area contributed by atoms with E-state index in [0.717, 1.165) is 13.1 Å². The molecule has 1 aromatic rings. The number of aromatic nitrogens is 3. The molecule has 2 heterocycles. The highest BCUT2D eigenvalue weighted by Gasteiger charge is 2.22. The summed E-state index contributed by atoms with van der Waals surface area (Å²) >= 11 is 0. The Morgan fingerprint density at radius 3 is 2.65 bits per heavy atom. The third-order valence-corrected chi connectivity index (χ3v) is 2.85. The van der Waals surface area contributed by atoms with Crippen LogP contribution in [0.25, 0.3) is 0 Å². The fourth-order valence-corrected chi connectivity index (χ4v) is 1.88. The highest BCUT2D eigenvalue weighted by atomic mass is 15.4. The molecule has 1 aromatic heterocycles. The lowest BCUT2D eigenvalue weighted by molar-refractivity contribution is 0.658. The molecule has 3 N–H and O–H groups in total. The summed E-state index contributed by atoms with van der Waals surface area (Å²) in [5, 5.41) is 0. The van der Waals surface area contributed by atoms with Crippen molar-refractivity contribution in [3.63, 3.8) is 0 Å². The first-order chi connectivity index (χ1) is 8.10. The van der Waals surface area contributed by atoms with Gasteiger partial charge in [-0.25, -0.2) is 5.84 Å². The van der Waals surface area contributed by atoms with Crippen molar-refractivity contribution in [2.75, 3.05) is 42.4 Å². The Balaban J connectivity index is 2.29. The first kappa shape index (κ1) is 11.8. The molecular weight excluding hydrogens is 218 g/mol. The fourth-order valence-electron chi connectivity index (χ4n) is 1.88. The molecule has 0 aromatic carbocycles. The summed E-state index contributed by atoms with van der Waals surface area (Å²) in [6.07, 6.45) is 1.17. The summed E-state index contributed by atoms with van der Waals surface area (Å²) in [4.78, 5) is 16.9. The Kier molecular flexibility index (Phi) is 3.28. The van der Waals surface area contributed by atoms with Gasteiger partial charge in [-0.2, -0.15) is 15.0 Å². The van der Waals surface area contributed by atoms with Crippen molar-refractivity contribution < 1.29 is 0 Å². The average molecular weight is 237 g/mol. The first-order valence-corrected chi connectivity index (χ1v) is 5.75. The van der Waals surface area contributed by atoms with Gasteiger partial charge in [-0.05, 0) is 12.3 Å². The van der Waals surface area contributed by atoms with E-state index in [1.165, 1.54) is 6.42 Å². The zero-order chi connectivity index (χ0) is 12.4. The van der Waals surface area contributed by atoms with Gasteiger partial charge in [0.15, 0.2) is 0 Å². The second kappa shape index (κ2) is 4.70. The van der Waals surface area contributed by atoms with Crippen LogP contribution in [0.2, 0.25) is 0 Å². The molecule has 0 spiro atoms. The number of rotatable bonds is 3. The molecule has 2 rings (SSSR count). The van der Waals surface area contributed by atoms with Crippen molar-refractivity contribution in [3.8, 4) is 0 Å². The van der Waals surface area contributed by atoms with Crippen LogP contribution in [0.4, 0.5) is 17.8 Å². The number of nitrogens with zero attached hydrogens (tertiary/aromatic N) is 5. The van der Waals surface area contributed by atoms with Crippen molar-refractivity contribution in [1.29, 1.82) is 0 Å². The summed E-state index contributed by atoms with van der Waals surface area (Å²) in [6.45, 7) is 4.21. The minimum atomic E-state index is 0.401. The lowest BCUT2D eigenvalue weighted by Gasteiger charge is -2.18. The van der Waals surface area contributed by atoms with E-state index in [4.69, 9.17) is 5.84 Å². The molecule has 7 nitrogen and oxygen atoms in total. The molecule has 94 valence electrons. The van der Waals surface area contributed by atoms with Crippen molar-refractivity contribution in [3.05, 3.63) is 0 Å². The zero-order valence-corrected chi connectivity index (χ0v) is 10.5. The fraction of sp³-hybridized carbons (Fsp3) is 0.700. The summed E-state index contributed by atoms with van der Waals surface area (Å²) in [5.74, 6) is 7.77. The molecule has 7 heteroatoms. The van der Waals surface area contributed by atoms with E-state index in [1.807, 2.05) is 19.0 Å². The van der Waals surface area contributed by atoms with E-state index < -0.39 is 0 Å². The van der Waals surface area contributed by atoms with Crippen molar-refractivity contribution in [1.82, 2.24) is 15.0 Å². The number of nitrogen functional groups attached to an aromatic ring is 1. The molecule has 0 aliphatic carbocycles. The van der Waals surface area contributed by atoms with Gasteiger partial charge in [-0.3, -0.25) is 5.43 Å². The van der Waals surface area contributed by atoms with Gasteiger partial charge in [0.1, 0.15) is 0 Å². The molecule has 0 saturated carbocycles. The zero-order valence-electron chi connectivity index (χ0n) is 10.5. The van der Waals surface area contributed by atoms with Crippen LogP contribution in [0.3, 0.4) is 0 Å². The van der Waals surface area contributed by atoms with E-state index in [9.17, 15) is 0 Å². The molecule has 0 amide bonds. The minimum Gasteiger partial charge on any atom is -0.347 e. The first-order valence-electron chi connectivity index (χ1n) is 5.75. The minimum absolute atomic E-state index is 0.401. The summed E-state index contributed by atoms with van der Waals surface area (Å²) in [6, 6.07) is 0.